The Kier molecular flexibility index (Phi) is 7.82. The molecule has 2 aromatic carbocycles. The van der Waals surface area contributed by atoms with E-state index in [2.05, 4.69) is 43.1 Å². The van der Waals surface area contributed by atoms with E-state index in [1.165, 1.54) is 31.4 Å². The first-order chi connectivity index (χ1) is 24.2. The molecule has 2 aromatic heterocycles. The molecule has 4 unspecified atom stereocenters. The summed E-state index contributed by atoms with van der Waals surface area (Å²) in [5.41, 5.74) is -0.517. The molecule has 4 atom stereocenters. The first-order valence-corrected chi connectivity index (χ1v) is 16.8. The molecule has 4 fully saturated rings. The molecule has 4 aromatic rings. The number of nitrogens with one attached hydrogen (secondary N) is 1. The van der Waals surface area contributed by atoms with Gasteiger partial charge >= 0.3 is 6.01 Å². The van der Waals surface area contributed by atoms with E-state index in [0.717, 1.165) is 25.7 Å². The second-order valence-corrected chi connectivity index (χ2v) is 14.0. The number of likely N-dealkylation sites (tertiary alicyclic amines) is 1. The number of phenols is 1. The Morgan fingerprint density at radius 1 is 1.02 bits per heavy atom. The van der Waals surface area contributed by atoms with Crippen molar-refractivity contribution in [1.82, 2.24) is 25.2 Å². The second kappa shape index (κ2) is 12.2. The van der Waals surface area contributed by atoms with Crippen LogP contribution in [0.5, 0.6) is 17.6 Å². The maximum absolute atomic E-state index is 17.1. The Hall–Kier alpha value is -5.29. The number of methoxy groups -OCH3 is 1. The average molecular weight is 677 g/mol. The molecule has 0 radical (unpaired) electrons. The molecule has 1 aliphatic carbocycles. The number of ether oxygens (including phenoxy) is 2. The van der Waals surface area contributed by atoms with Gasteiger partial charge in [-0.05, 0) is 49.3 Å². The third kappa shape index (κ3) is 5.45. The van der Waals surface area contributed by atoms with Crippen LogP contribution in [-0.2, 0) is 0 Å². The van der Waals surface area contributed by atoms with Crippen molar-refractivity contribution in [2.24, 2.45) is 17.3 Å². The highest BCUT2D eigenvalue weighted by molar-refractivity contribution is 6.04. The quantitative estimate of drug-likeness (QED) is 0.255. The Morgan fingerprint density at radius 3 is 2.38 bits per heavy atom. The SMILES string of the molecule is C#Cc1c(F)ccc2cc(O)cc(-c3nc(OC)c4c(N5CC6CCC(C5)N6)nc(OCC5(CN6CC(C#N)C(C#N)C6)CC5)nc4c3F)c12. The van der Waals surface area contributed by atoms with E-state index < -0.39 is 11.6 Å². The maximum Gasteiger partial charge on any atom is 0.319 e. The number of fused-ring (bicyclic) bond motifs is 4. The van der Waals surface area contributed by atoms with Gasteiger partial charge < -0.3 is 24.8 Å². The largest absolute Gasteiger partial charge is 0.508 e. The van der Waals surface area contributed by atoms with Gasteiger partial charge in [0.2, 0.25) is 5.88 Å². The first kappa shape index (κ1) is 31.9. The topological polar surface area (TPSA) is 143 Å². The maximum atomic E-state index is 17.1. The number of hydrogen-bond acceptors (Lipinski definition) is 11. The lowest BCUT2D eigenvalue weighted by Gasteiger charge is -2.34. The van der Waals surface area contributed by atoms with Crippen LogP contribution in [0.25, 0.3) is 32.9 Å². The molecule has 4 aliphatic rings. The molecule has 3 saturated heterocycles. The van der Waals surface area contributed by atoms with Crippen molar-refractivity contribution in [3.63, 3.8) is 0 Å². The van der Waals surface area contributed by atoms with Gasteiger partial charge in [0.25, 0.3) is 0 Å². The summed E-state index contributed by atoms with van der Waals surface area (Å²) >= 11 is 0. The highest BCUT2D eigenvalue weighted by Gasteiger charge is 2.47. The molecule has 2 bridgehead atoms. The van der Waals surface area contributed by atoms with Crippen molar-refractivity contribution >= 4 is 27.5 Å². The van der Waals surface area contributed by atoms with Crippen LogP contribution in [0.3, 0.4) is 0 Å². The van der Waals surface area contributed by atoms with Crippen molar-refractivity contribution in [3.8, 4) is 53.4 Å². The van der Waals surface area contributed by atoms with Gasteiger partial charge in [0.05, 0.1) is 43.3 Å². The van der Waals surface area contributed by atoms with Gasteiger partial charge in [-0.1, -0.05) is 12.0 Å². The van der Waals surface area contributed by atoms with Gasteiger partial charge in [-0.3, -0.25) is 4.90 Å². The minimum atomic E-state index is -0.824. The number of benzene rings is 2. The molecule has 1 saturated carbocycles. The molecule has 5 heterocycles. The molecule has 3 aliphatic heterocycles. The fourth-order valence-electron chi connectivity index (χ4n) is 7.94. The van der Waals surface area contributed by atoms with E-state index in [4.69, 9.17) is 20.9 Å². The number of nitrogens with zero attached hydrogens (tertiary/aromatic N) is 7. The predicted octanol–water partition coefficient (Wildman–Crippen LogP) is 4.51. The summed E-state index contributed by atoms with van der Waals surface area (Å²) in [6, 6.07) is 10.4. The number of phenolic OH excluding ortho intramolecular Hbond substituents is 1. The molecular formula is C37H34F2N8O3. The second-order valence-electron chi connectivity index (χ2n) is 14.0. The third-order valence-electron chi connectivity index (χ3n) is 10.6. The van der Waals surface area contributed by atoms with Crippen molar-refractivity contribution < 1.29 is 23.4 Å². The zero-order valence-electron chi connectivity index (χ0n) is 27.4. The Bertz CT molecular complexity index is 2140. The number of aromatic nitrogens is 3. The lowest BCUT2D eigenvalue weighted by Crippen LogP contribution is -2.51. The fraction of sp³-hybridized carbons (Fsp3) is 0.432. The number of hydrogen-bond donors (Lipinski definition) is 2. The van der Waals surface area contributed by atoms with Crippen molar-refractivity contribution in [1.29, 1.82) is 10.5 Å². The average Bonchev–Trinajstić information content (AvgIpc) is 3.64. The smallest absolute Gasteiger partial charge is 0.319 e. The minimum Gasteiger partial charge on any atom is -0.508 e. The molecule has 11 nitrogen and oxygen atoms in total. The molecule has 254 valence electrons. The van der Waals surface area contributed by atoms with E-state index >= 15 is 4.39 Å². The number of nitriles is 2. The summed E-state index contributed by atoms with van der Waals surface area (Å²) < 4.78 is 44.1. The van der Waals surface area contributed by atoms with Crippen molar-refractivity contribution in [2.45, 2.75) is 37.8 Å². The van der Waals surface area contributed by atoms with Crippen LogP contribution >= 0.6 is 0 Å². The molecule has 50 heavy (non-hydrogen) atoms. The highest BCUT2D eigenvalue weighted by atomic mass is 19.1. The highest BCUT2D eigenvalue weighted by Crippen LogP contribution is 2.48. The third-order valence-corrected chi connectivity index (χ3v) is 10.6. The lowest BCUT2D eigenvalue weighted by atomic mass is 9.95. The van der Waals surface area contributed by atoms with Gasteiger partial charge in [0.1, 0.15) is 34.0 Å². The summed E-state index contributed by atoms with van der Waals surface area (Å²) in [7, 11) is 1.43. The number of halogens is 2. The van der Waals surface area contributed by atoms with E-state index in [1.54, 1.807) is 0 Å². The van der Waals surface area contributed by atoms with Crippen molar-refractivity contribution in [3.05, 3.63) is 41.5 Å². The summed E-state index contributed by atoms with van der Waals surface area (Å²) in [6.45, 7) is 3.28. The van der Waals surface area contributed by atoms with E-state index in [1.807, 2.05) is 0 Å². The zero-order chi connectivity index (χ0) is 34.7. The number of terminal acetylenes is 1. The summed E-state index contributed by atoms with van der Waals surface area (Å²) in [6.07, 6.45) is 9.54. The van der Waals surface area contributed by atoms with Gasteiger partial charge in [0.15, 0.2) is 5.82 Å². The number of aromatic hydroxyl groups is 1. The monoisotopic (exact) mass is 676 g/mol. The van der Waals surface area contributed by atoms with Crippen LogP contribution in [0.2, 0.25) is 0 Å². The Balaban J connectivity index is 1.23. The fourth-order valence-corrected chi connectivity index (χ4v) is 7.94. The summed E-state index contributed by atoms with van der Waals surface area (Å²) in [5, 5.41) is 34.2. The molecular weight excluding hydrogens is 642 g/mol. The summed E-state index contributed by atoms with van der Waals surface area (Å²) in [5.74, 6) is 0.553. The number of rotatable bonds is 8. The van der Waals surface area contributed by atoms with Crippen LogP contribution in [0.4, 0.5) is 14.6 Å². The standard InChI is InChI=1S/C37H34F2N8O3/c1-3-26-28(38)7-4-20-10-25(48)11-27(29(20)26)32-31(39)33-30(35(43-32)49-2)34(47-16-23-5-6-24(17-47)42-23)45-36(44-33)50-19-37(8-9-37)18-46-14-21(12-40)22(13-41)15-46/h1,4,7,10-11,21-24,42,48H,5-6,8-9,14-19H2,2H3. The minimum absolute atomic E-state index is 0.00916. The Labute approximate surface area is 287 Å². The van der Waals surface area contributed by atoms with E-state index in [0.29, 0.717) is 43.9 Å². The number of piperazine rings is 1. The van der Waals surface area contributed by atoms with Crippen LogP contribution in [0, 0.1) is 63.9 Å². The normalized spacial score (nSPS) is 23.8. The zero-order valence-corrected chi connectivity index (χ0v) is 27.4. The molecule has 0 spiro atoms. The first-order valence-electron chi connectivity index (χ1n) is 16.8. The van der Waals surface area contributed by atoms with Crippen molar-refractivity contribution in [2.75, 3.05) is 51.3 Å². The molecule has 8 rings (SSSR count). The van der Waals surface area contributed by atoms with Crippen LogP contribution in [0.1, 0.15) is 31.2 Å². The lowest BCUT2D eigenvalue weighted by molar-refractivity contribution is 0.168. The van der Waals surface area contributed by atoms with Crippen LogP contribution < -0.4 is 19.7 Å². The van der Waals surface area contributed by atoms with Gasteiger partial charge in [-0.2, -0.15) is 20.5 Å². The molecule has 2 N–H and O–H groups in total. The van der Waals surface area contributed by atoms with Crippen LogP contribution in [0.15, 0.2) is 24.3 Å². The number of anilines is 1. The number of pyridine rings is 1. The molecule has 13 heteroatoms. The molecule has 0 amide bonds. The Morgan fingerprint density at radius 2 is 1.74 bits per heavy atom. The van der Waals surface area contributed by atoms with Crippen LogP contribution in [-0.4, -0.2) is 83.5 Å². The van der Waals surface area contributed by atoms with E-state index in [9.17, 15) is 20.0 Å². The van der Waals surface area contributed by atoms with Gasteiger partial charge in [-0.15, -0.1) is 6.42 Å². The van der Waals surface area contributed by atoms with Gasteiger partial charge in [-0.25, -0.2) is 13.8 Å². The van der Waals surface area contributed by atoms with Gasteiger partial charge in [0, 0.05) is 61.2 Å². The summed E-state index contributed by atoms with van der Waals surface area (Å²) in [4.78, 5) is 18.3. The van der Waals surface area contributed by atoms with E-state index in [-0.39, 0.29) is 86.7 Å². The predicted molar refractivity (Wildman–Crippen MR) is 180 cm³/mol.